The molecule has 1 aliphatic carbocycles. The highest BCUT2D eigenvalue weighted by Crippen LogP contribution is 2.31. The SMILES string of the molecule is CC(C)Oc1ccc(NC(=O)C2CCC(C(=O)N3CCCC3)CC2)cc1. The molecule has 1 saturated heterocycles. The lowest BCUT2D eigenvalue weighted by molar-refractivity contribution is -0.136. The number of amides is 2. The van der Waals surface area contributed by atoms with E-state index in [2.05, 4.69) is 5.32 Å². The van der Waals surface area contributed by atoms with Gasteiger partial charge in [-0.1, -0.05) is 0 Å². The highest BCUT2D eigenvalue weighted by Gasteiger charge is 2.32. The third-order valence-electron chi connectivity index (χ3n) is 5.36. The maximum atomic E-state index is 12.5. The minimum absolute atomic E-state index is 0.00391. The van der Waals surface area contributed by atoms with Crippen molar-refractivity contribution in [2.45, 2.75) is 58.5 Å². The number of carbonyl (C=O) groups excluding carboxylic acids is 2. The molecule has 5 nitrogen and oxygen atoms in total. The predicted octanol–water partition coefficient (Wildman–Crippen LogP) is 3.84. The van der Waals surface area contributed by atoms with Crippen LogP contribution in [0.25, 0.3) is 0 Å². The molecular weight excluding hydrogens is 328 g/mol. The summed E-state index contributed by atoms with van der Waals surface area (Å²) < 4.78 is 5.62. The van der Waals surface area contributed by atoms with E-state index < -0.39 is 0 Å². The Morgan fingerprint density at radius 1 is 1.00 bits per heavy atom. The van der Waals surface area contributed by atoms with E-state index >= 15 is 0 Å². The summed E-state index contributed by atoms with van der Waals surface area (Å²) in [5.74, 6) is 1.30. The summed E-state index contributed by atoms with van der Waals surface area (Å²) in [7, 11) is 0. The average Bonchev–Trinajstić information content (AvgIpc) is 3.17. The fourth-order valence-corrected chi connectivity index (χ4v) is 3.93. The van der Waals surface area contributed by atoms with Crippen molar-refractivity contribution in [1.29, 1.82) is 0 Å². The lowest BCUT2D eigenvalue weighted by atomic mass is 9.81. The third kappa shape index (κ3) is 4.77. The Labute approximate surface area is 156 Å². The summed E-state index contributed by atoms with van der Waals surface area (Å²) in [6, 6.07) is 7.50. The molecule has 1 aromatic carbocycles. The Bertz CT molecular complexity index is 613. The van der Waals surface area contributed by atoms with E-state index in [1.807, 2.05) is 43.0 Å². The first-order chi connectivity index (χ1) is 12.5. The number of nitrogens with zero attached hydrogens (tertiary/aromatic N) is 1. The Balaban J connectivity index is 1.46. The van der Waals surface area contributed by atoms with Crippen LogP contribution in [0.4, 0.5) is 5.69 Å². The number of benzene rings is 1. The number of ether oxygens (including phenoxy) is 1. The molecule has 0 spiro atoms. The van der Waals surface area contributed by atoms with Gasteiger partial charge in [-0.3, -0.25) is 9.59 Å². The quantitative estimate of drug-likeness (QED) is 0.870. The maximum absolute atomic E-state index is 12.5. The Morgan fingerprint density at radius 2 is 1.58 bits per heavy atom. The van der Waals surface area contributed by atoms with Crippen molar-refractivity contribution in [1.82, 2.24) is 4.90 Å². The van der Waals surface area contributed by atoms with Crippen molar-refractivity contribution in [3.05, 3.63) is 24.3 Å². The van der Waals surface area contributed by atoms with Gasteiger partial charge in [0.1, 0.15) is 5.75 Å². The summed E-state index contributed by atoms with van der Waals surface area (Å²) in [6.45, 7) is 5.80. The van der Waals surface area contributed by atoms with Crippen LogP contribution in [0.1, 0.15) is 52.4 Å². The van der Waals surface area contributed by atoms with Crippen LogP contribution in [0.3, 0.4) is 0 Å². The summed E-state index contributed by atoms with van der Waals surface area (Å²) in [4.78, 5) is 27.0. The summed E-state index contributed by atoms with van der Waals surface area (Å²) in [6.07, 6.45) is 5.64. The predicted molar refractivity (Wildman–Crippen MR) is 102 cm³/mol. The van der Waals surface area contributed by atoms with E-state index in [0.29, 0.717) is 5.91 Å². The standard InChI is InChI=1S/C21H30N2O3/c1-15(2)26-19-11-9-18(10-12-19)22-20(24)16-5-7-17(8-6-16)21(25)23-13-3-4-14-23/h9-12,15-17H,3-8,13-14H2,1-2H3,(H,22,24). The lowest BCUT2D eigenvalue weighted by Crippen LogP contribution is -2.37. The minimum Gasteiger partial charge on any atom is -0.491 e. The zero-order valence-electron chi connectivity index (χ0n) is 15.9. The van der Waals surface area contributed by atoms with Crippen molar-refractivity contribution in [2.75, 3.05) is 18.4 Å². The number of likely N-dealkylation sites (tertiary alicyclic amines) is 1. The summed E-state index contributed by atoms with van der Waals surface area (Å²) >= 11 is 0. The molecule has 5 heteroatoms. The fourth-order valence-electron chi connectivity index (χ4n) is 3.93. The molecule has 26 heavy (non-hydrogen) atoms. The molecular formula is C21H30N2O3. The monoisotopic (exact) mass is 358 g/mol. The van der Waals surface area contributed by atoms with E-state index in [1.165, 1.54) is 0 Å². The van der Waals surface area contributed by atoms with E-state index in [-0.39, 0.29) is 23.8 Å². The lowest BCUT2D eigenvalue weighted by Gasteiger charge is -2.29. The highest BCUT2D eigenvalue weighted by molar-refractivity contribution is 5.92. The molecule has 2 aliphatic rings. The first-order valence-electron chi connectivity index (χ1n) is 9.89. The van der Waals surface area contributed by atoms with Gasteiger partial charge in [0.25, 0.3) is 0 Å². The molecule has 0 unspecified atom stereocenters. The molecule has 2 fully saturated rings. The Morgan fingerprint density at radius 3 is 2.15 bits per heavy atom. The van der Waals surface area contributed by atoms with Crippen molar-refractivity contribution in [3.63, 3.8) is 0 Å². The molecule has 0 aromatic heterocycles. The topological polar surface area (TPSA) is 58.6 Å². The molecule has 1 aliphatic heterocycles. The van der Waals surface area contributed by atoms with Crippen molar-refractivity contribution >= 4 is 17.5 Å². The van der Waals surface area contributed by atoms with E-state index in [4.69, 9.17) is 4.74 Å². The second-order valence-corrected chi connectivity index (χ2v) is 7.76. The Hall–Kier alpha value is -2.04. The second-order valence-electron chi connectivity index (χ2n) is 7.76. The molecule has 3 rings (SSSR count). The van der Waals surface area contributed by atoms with Crippen LogP contribution in [-0.4, -0.2) is 35.9 Å². The van der Waals surface area contributed by atoms with Gasteiger partial charge in [-0.15, -0.1) is 0 Å². The van der Waals surface area contributed by atoms with Gasteiger partial charge in [-0.25, -0.2) is 0 Å². The van der Waals surface area contributed by atoms with E-state index in [0.717, 1.165) is 63.1 Å². The number of rotatable bonds is 5. The highest BCUT2D eigenvalue weighted by atomic mass is 16.5. The maximum Gasteiger partial charge on any atom is 0.227 e. The molecule has 2 amide bonds. The van der Waals surface area contributed by atoms with Crippen LogP contribution in [0.5, 0.6) is 5.75 Å². The van der Waals surface area contributed by atoms with Gasteiger partial charge in [0.15, 0.2) is 0 Å². The Kier molecular flexibility index (Phi) is 6.17. The van der Waals surface area contributed by atoms with Gasteiger partial charge in [0.05, 0.1) is 6.10 Å². The molecule has 1 saturated carbocycles. The van der Waals surface area contributed by atoms with Gasteiger partial charge in [0.2, 0.25) is 11.8 Å². The van der Waals surface area contributed by atoms with Crippen LogP contribution in [0.2, 0.25) is 0 Å². The largest absolute Gasteiger partial charge is 0.491 e. The zero-order chi connectivity index (χ0) is 18.5. The van der Waals surface area contributed by atoms with Gasteiger partial charge < -0.3 is 15.0 Å². The van der Waals surface area contributed by atoms with Gasteiger partial charge in [-0.05, 0) is 76.6 Å². The van der Waals surface area contributed by atoms with Crippen LogP contribution < -0.4 is 10.1 Å². The van der Waals surface area contributed by atoms with Crippen molar-refractivity contribution in [2.24, 2.45) is 11.8 Å². The van der Waals surface area contributed by atoms with E-state index in [1.54, 1.807) is 0 Å². The molecule has 0 atom stereocenters. The number of hydrogen-bond acceptors (Lipinski definition) is 3. The third-order valence-corrected chi connectivity index (χ3v) is 5.36. The first-order valence-corrected chi connectivity index (χ1v) is 9.89. The van der Waals surface area contributed by atoms with Crippen molar-refractivity contribution in [3.8, 4) is 5.75 Å². The molecule has 1 aromatic rings. The smallest absolute Gasteiger partial charge is 0.227 e. The first kappa shape index (κ1) is 18.7. The minimum atomic E-state index is 0.00391. The van der Waals surface area contributed by atoms with Crippen LogP contribution in [0.15, 0.2) is 24.3 Å². The van der Waals surface area contributed by atoms with Crippen LogP contribution >= 0.6 is 0 Å². The number of nitrogens with one attached hydrogen (secondary N) is 1. The number of anilines is 1. The normalized spacial score (nSPS) is 23.1. The molecule has 1 heterocycles. The summed E-state index contributed by atoms with van der Waals surface area (Å²) in [5, 5.41) is 3.00. The van der Waals surface area contributed by atoms with Gasteiger partial charge in [0, 0.05) is 30.6 Å². The fraction of sp³-hybridized carbons (Fsp3) is 0.619. The number of carbonyl (C=O) groups is 2. The second kappa shape index (κ2) is 8.56. The van der Waals surface area contributed by atoms with Crippen LogP contribution in [-0.2, 0) is 9.59 Å². The van der Waals surface area contributed by atoms with Gasteiger partial charge >= 0.3 is 0 Å². The van der Waals surface area contributed by atoms with Crippen LogP contribution in [0, 0.1) is 11.8 Å². The van der Waals surface area contributed by atoms with Gasteiger partial charge in [-0.2, -0.15) is 0 Å². The average molecular weight is 358 g/mol. The molecule has 0 radical (unpaired) electrons. The number of hydrogen-bond donors (Lipinski definition) is 1. The summed E-state index contributed by atoms with van der Waals surface area (Å²) in [5.41, 5.74) is 0.793. The van der Waals surface area contributed by atoms with E-state index in [9.17, 15) is 9.59 Å². The molecule has 1 N–H and O–H groups in total. The zero-order valence-corrected chi connectivity index (χ0v) is 15.9. The molecule has 142 valence electrons. The van der Waals surface area contributed by atoms with Crippen molar-refractivity contribution < 1.29 is 14.3 Å². The molecule has 0 bridgehead atoms.